The summed E-state index contributed by atoms with van der Waals surface area (Å²) in [7, 11) is 0. The average Bonchev–Trinajstić information content (AvgIpc) is 2.48. The maximum absolute atomic E-state index is 6.11. The fraction of sp³-hybridized carbons (Fsp3) is 0.250. The Morgan fingerprint density at radius 2 is 1.62 bits per heavy atom. The Morgan fingerprint density at radius 1 is 0.952 bits per heavy atom. The molecule has 0 aliphatic rings. The number of rotatable bonds is 6. The minimum Gasteiger partial charge on any atom is -0.487 e. The summed E-state index contributed by atoms with van der Waals surface area (Å²) in [6.45, 7) is 4.24. The van der Waals surface area contributed by atoms with E-state index in [1.165, 1.54) is 5.56 Å². The van der Waals surface area contributed by atoms with E-state index in [2.05, 4.69) is 18.3 Å². The molecule has 5 heteroatoms. The van der Waals surface area contributed by atoms with Gasteiger partial charge in [0.25, 0.3) is 0 Å². The molecule has 0 aromatic heterocycles. The molecule has 0 unspecified atom stereocenters. The highest BCUT2D eigenvalue weighted by atomic mass is 35.5. The Balaban J connectivity index is 2.11. The van der Waals surface area contributed by atoms with Crippen LogP contribution in [-0.2, 0) is 13.2 Å². The Labute approximate surface area is 140 Å². The van der Waals surface area contributed by atoms with Crippen LogP contribution in [0.4, 0.5) is 0 Å². The van der Waals surface area contributed by atoms with E-state index < -0.39 is 0 Å². The second-order valence-electron chi connectivity index (χ2n) is 4.53. The highest BCUT2D eigenvalue weighted by Crippen LogP contribution is 2.34. The molecular formula is C16H16Cl3NO. The zero-order valence-corrected chi connectivity index (χ0v) is 13.9. The summed E-state index contributed by atoms with van der Waals surface area (Å²) in [6.07, 6.45) is 0. The van der Waals surface area contributed by atoms with Crippen LogP contribution in [0.5, 0.6) is 5.75 Å². The van der Waals surface area contributed by atoms with Crippen LogP contribution in [-0.4, -0.2) is 6.54 Å². The SMILES string of the molecule is CCNCc1ccccc1COc1cc(Cl)c(Cl)cc1Cl. The minimum absolute atomic E-state index is 0.418. The third-order valence-electron chi connectivity index (χ3n) is 3.04. The molecule has 0 aliphatic heterocycles. The van der Waals surface area contributed by atoms with E-state index >= 15 is 0 Å². The molecule has 1 N–H and O–H groups in total. The largest absolute Gasteiger partial charge is 0.487 e. The Morgan fingerprint density at radius 3 is 2.33 bits per heavy atom. The van der Waals surface area contributed by atoms with Crippen molar-refractivity contribution in [3.63, 3.8) is 0 Å². The number of hydrogen-bond donors (Lipinski definition) is 1. The smallest absolute Gasteiger partial charge is 0.139 e. The van der Waals surface area contributed by atoms with Crippen molar-refractivity contribution in [3.8, 4) is 5.75 Å². The fourth-order valence-electron chi connectivity index (χ4n) is 1.90. The van der Waals surface area contributed by atoms with Gasteiger partial charge in [-0.25, -0.2) is 0 Å². The Kier molecular flexibility index (Phi) is 6.19. The van der Waals surface area contributed by atoms with Gasteiger partial charge in [-0.1, -0.05) is 66.0 Å². The zero-order valence-electron chi connectivity index (χ0n) is 11.6. The molecule has 0 amide bonds. The molecule has 0 saturated heterocycles. The Hall–Kier alpha value is -0.930. The van der Waals surface area contributed by atoms with Crippen molar-refractivity contribution in [1.29, 1.82) is 0 Å². The topological polar surface area (TPSA) is 21.3 Å². The van der Waals surface area contributed by atoms with E-state index in [0.29, 0.717) is 27.4 Å². The normalized spacial score (nSPS) is 10.7. The minimum atomic E-state index is 0.418. The molecule has 0 atom stereocenters. The van der Waals surface area contributed by atoms with E-state index in [1.54, 1.807) is 12.1 Å². The summed E-state index contributed by atoms with van der Waals surface area (Å²) in [5.41, 5.74) is 2.32. The molecule has 112 valence electrons. The fourth-order valence-corrected chi connectivity index (χ4v) is 2.49. The first-order valence-corrected chi connectivity index (χ1v) is 7.80. The van der Waals surface area contributed by atoms with Crippen LogP contribution in [0, 0.1) is 0 Å². The van der Waals surface area contributed by atoms with Crippen LogP contribution >= 0.6 is 34.8 Å². The lowest BCUT2D eigenvalue weighted by Crippen LogP contribution is -2.14. The van der Waals surface area contributed by atoms with Crippen molar-refractivity contribution in [2.24, 2.45) is 0 Å². The predicted octanol–water partition coefficient (Wildman–Crippen LogP) is 5.34. The highest BCUT2D eigenvalue weighted by molar-refractivity contribution is 6.43. The number of benzene rings is 2. The van der Waals surface area contributed by atoms with E-state index in [1.807, 2.05) is 18.2 Å². The van der Waals surface area contributed by atoms with Crippen LogP contribution < -0.4 is 10.1 Å². The average molecular weight is 345 g/mol. The predicted molar refractivity (Wildman–Crippen MR) is 89.6 cm³/mol. The van der Waals surface area contributed by atoms with Crippen molar-refractivity contribution in [3.05, 3.63) is 62.6 Å². The van der Waals surface area contributed by atoms with Gasteiger partial charge >= 0.3 is 0 Å². The van der Waals surface area contributed by atoms with Crippen molar-refractivity contribution in [2.75, 3.05) is 6.54 Å². The van der Waals surface area contributed by atoms with Gasteiger partial charge in [-0.3, -0.25) is 0 Å². The summed E-state index contributed by atoms with van der Waals surface area (Å²) < 4.78 is 5.78. The third-order valence-corrected chi connectivity index (χ3v) is 4.06. The van der Waals surface area contributed by atoms with Crippen LogP contribution in [0.1, 0.15) is 18.1 Å². The molecule has 2 aromatic carbocycles. The van der Waals surface area contributed by atoms with Gasteiger partial charge < -0.3 is 10.1 Å². The van der Waals surface area contributed by atoms with E-state index in [9.17, 15) is 0 Å². The molecule has 0 saturated carbocycles. The summed E-state index contributed by atoms with van der Waals surface area (Å²) in [5.74, 6) is 0.532. The van der Waals surface area contributed by atoms with E-state index in [0.717, 1.165) is 18.7 Å². The monoisotopic (exact) mass is 343 g/mol. The molecule has 0 radical (unpaired) electrons. The lowest BCUT2D eigenvalue weighted by molar-refractivity contribution is 0.305. The molecule has 0 spiro atoms. The van der Waals surface area contributed by atoms with Crippen LogP contribution in [0.15, 0.2) is 36.4 Å². The summed E-state index contributed by atoms with van der Waals surface area (Å²) in [4.78, 5) is 0. The molecular weight excluding hydrogens is 329 g/mol. The van der Waals surface area contributed by atoms with Crippen LogP contribution in [0.2, 0.25) is 15.1 Å². The molecule has 0 bridgehead atoms. The van der Waals surface area contributed by atoms with Gasteiger partial charge in [0.05, 0.1) is 15.1 Å². The number of ether oxygens (including phenoxy) is 1. The van der Waals surface area contributed by atoms with Crippen LogP contribution in [0.25, 0.3) is 0 Å². The standard InChI is InChI=1S/C16H16Cl3NO/c1-2-20-9-11-5-3-4-6-12(11)10-21-16-8-14(18)13(17)7-15(16)19/h3-8,20H,2,9-10H2,1H3. The molecule has 2 nitrogen and oxygen atoms in total. The first-order chi connectivity index (χ1) is 10.1. The summed E-state index contributed by atoms with van der Waals surface area (Å²) in [5, 5.41) is 4.61. The summed E-state index contributed by atoms with van der Waals surface area (Å²) in [6, 6.07) is 11.4. The van der Waals surface area contributed by atoms with Gasteiger partial charge in [-0.2, -0.15) is 0 Å². The van der Waals surface area contributed by atoms with Crippen molar-refractivity contribution < 1.29 is 4.74 Å². The van der Waals surface area contributed by atoms with Gasteiger partial charge in [0.2, 0.25) is 0 Å². The van der Waals surface area contributed by atoms with Gasteiger partial charge in [0, 0.05) is 12.6 Å². The molecule has 2 rings (SSSR count). The third kappa shape index (κ3) is 4.52. The molecule has 0 fully saturated rings. The maximum atomic E-state index is 6.11. The summed E-state index contributed by atoms with van der Waals surface area (Å²) >= 11 is 18.0. The quantitative estimate of drug-likeness (QED) is 0.715. The van der Waals surface area contributed by atoms with Crippen LogP contribution in [0.3, 0.4) is 0 Å². The molecule has 0 heterocycles. The lowest BCUT2D eigenvalue weighted by Gasteiger charge is -2.13. The Bertz CT molecular complexity index is 616. The maximum Gasteiger partial charge on any atom is 0.139 e. The number of halogens is 3. The zero-order chi connectivity index (χ0) is 15.2. The molecule has 0 aliphatic carbocycles. The first kappa shape index (κ1) is 16.4. The lowest BCUT2D eigenvalue weighted by atomic mass is 10.1. The van der Waals surface area contributed by atoms with E-state index in [-0.39, 0.29) is 0 Å². The van der Waals surface area contributed by atoms with Crippen molar-refractivity contribution in [2.45, 2.75) is 20.1 Å². The van der Waals surface area contributed by atoms with Crippen molar-refractivity contribution in [1.82, 2.24) is 5.32 Å². The molecule has 21 heavy (non-hydrogen) atoms. The molecule has 2 aromatic rings. The van der Waals surface area contributed by atoms with Crippen molar-refractivity contribution >= 4 is 34.8 Å². The second kappa shape index (κ2) is 7.90. The van der Waals surface area contributed by atoms with Gasteiger partial charge in [-0.15, -0.1) is 0 Å². The number of nitrogens with one attached hydrogen (secondary N) is 1. The van der Waals surface area contributed by atoms with Gasteiger partial charge in [0.15, 0.2) is 0 Å². The first-order valence-electron chi connectivity index (χ1n) is 6.66. The number of hydrogen-bond acceptors (Lipinski definition) is 2. The van der Waals surface area contributed by atoms with Gasteiger partial charge in [0.1, 0.15) is 12.4 Å². The second-order valence-corrected chi connectivity index (χ2v) is 5.76. The highest BCUT2D eigenvalue weighted by Gasteiger charge is 2.08. The van der Waals surface area contributed by atoms with E-state index in [4.69, 9.17) is 39.5 Å². The van der Waals surface area contributed by atoms with Gasteiger partial charge in [-0.05, 0) is 23.7 Å².